The van der Waals surface area contributed by atoms with E-state index in [0.717, 1.165) is 31.0 Å². The summed E-state index contributed by atoms with van der Waals surface area (Å²) in [4.78, 5) is 4.18. The molecule has 4 heteroatoms. The van der Waals surface area contributed by atoms with E-state index < -0.39 is 0 Å². The number of aryl methyl sites for hydroxylation is 1. The molecule has 1 aliphatic rings. The average molecular weight is 227 g/mol. The van der Waals surface area contributed by atoms with Gasteiger partial charge in [-0.25, -0.2) is 4.98 Å². The molecule has 1 fully saturated rings. The van der Waals surface area contributed by atoms with E-state index in [-0.39, 0.29) is 0 Å². The molecule has 1 N–H and O–H groups in total. The fourth-order valence-corrected chi connectivity index (χ4v) is 1.94. The average Bonchev–Trinajstić information content (AvgIpc) is 2.69. The van der Waals surface area contributed by atoms with Crippen LogP contribution in [0.1, 0.15) is 18.5 Å². The van der Waals surface area contributed by atoms with E-state index in [1.54, 1.807) is 6.07 Å². The molecule has 1 saturated heterocycles. The highest BCUT2D eigenvalue weighted by Gasteiger charge is 2.15. The molecule has 1 unspecified atom stereocenters. The van der Waals surface area contributed by atoms with E-state index >= 15 is 0 Å². The van der Waals surface area contributed by atoms with Crippen LogP contribution in [0.5, 0.6) is 0 Å². The van der Waals surface area contributed by atoms with E-state index in [1.165, 1.54) is 6.42 Å². The Kier molecular flexibility index (Phi) is 3.44. The summed E-state index contributed by atoms with van der Waals surface area (Å²) >= 11 is 5.78. The van der Waals surface area contributed by atoms with Crippen LogP contribution in [0.3, 0.4) is 0 Å². The summed E-state index contributed by atoms with van der Waals surface area (Å²) in [6, 6.07) is 3.76. The van der Waals surface area contributed by atoms with Crippen molar-refractivity contribution in [3.8, 4) is 0 Å². The van der Waals surface area contributed by atoms with E-state index in [0.29, 0.717) is 11.3 Å². The van der Waals surface area contributed by atoms with Gasteiger partial charge >= 0.3 is 0 Å². The Balaban J connectivity index is 1.92. The Morgan fingerprint density at radius 1 is 1.60 bits per heavy atom. The van der Waals surface area contributed by atoms with Gasteiger partial charge in [0.15, 0.2) is 0 Å². The van der Waals surface area contributed by atoms with Crippen molar-refractivity contribution in [2.45, 2.75) is 25.9 Å². The molecule has 0 aromatic carbocycles. The zero-order valence-electron chi connectivity index (χ0n) is 8.79. The summed E-state index contributed by atoms with van der Waals surface area (Å²) in [5.74, 6) is 0. The minimum Gasteiger partial charge on any atom is -0.381 e. The summed E-state index contributed by atoms with van der Waals surface area (Å²) < 4.78 is 5.53. The second-order valence-electron chi connectivity index (χ2n) is 3.78. The van der Waals surface area contributed by atoms with Crippen LogP contribution in [0.15, 0.2) is 12.1 Å². The van der Waals surface area contributed by atoms with E-state index in [9.17, 15) is 0 Å². The van der Waals surface area contributed by atoms with Crippen molar-refractivity contribution in [1.29, 1.82) is 0 Å². The van der Waals surface area contributed by atoms with Crippen molar-refractivity contribution in [2.75, 3.05) is 18.5 Å². The predicted molar refractivity (Wildman–Crippen MR) is 61.4 cm³/mol. The summed E-state index contributed by atoms with van der Waals surface area (Å²) in [5, 5.41) is 3.87. The Labute approximate surface area is 94.8 Å². The van der Waals surface area contributed by atoms with Gasteiger partial charge in [-0.1, -0.05) is 11.6 Å². The third-order valence-corrected chi connectivity index (χ3v) is 2.81. The number of rotatable bonds is 3. The molecule has 1 atom stereocenters. The van der Waals surface area contributed by atoms with Crippen molar-refractivity contribution < 1.29 is 4.74 Å². The minimum absolute atomic E-state index is 0.347. The van der Waals surface area contributed by atoms with Crippen LogP contribution < -0.4 is 5.32 Å². The molecule has 0 aliphatic carbocycles. The molecule has 2 heterocycles. The first-order chi connectivity index (χ1) is 7.25. The number of anilines is 1. The Morgan fingerprint density at radius 2 is 2.47 bits per heavy atom. The van der Waals surface area contributed by atoms with Crippen molar-refractivity contribution in [2.24, 2.45) is 0 Å². The molecule has 0 saturated carbocycles. The van der Waals surface area contributed by atoms with Gasteiger partial charge in [0.2, 0.25) is 0 Å². The van der Waals surface area contributed by atoms with Crippen molar-refractivity contribution in [3.63, 3.8) is 0 Å². The van der Waals surface area contributed by atoms with Gasteiger partial charge in [0, 0.05) is 13.2 Å². The number of halogens is 1. The first-order valence-corrected chi connectivity index (χ1v) is 5.62. The van der Waals surface area contributed by atoms with Gasteiger partial charge in [-0.05, 0) is 31.9 Å². The molecule has 1 aromatic rings. The van der Waals surface area contributed by atoms with Crippen LogP contribution in [0.25, 0.3) is 0 Å². The summed E-state index contributed by atoms with van der Waals surface area (Å²) in [5.41, 5.74) is 1.97. The number of nitrogens with zero attached hydrogens (tertiary/aromatic N) is 1. The number of hydrogen-bond donors (Lipinski definition) is 1. The molecular formula is C11H15ClN2O. The number of aromatic nitrogens is 1. The van der Waals surface area contributed by atoms with Crippen LogP contribution in [0, 0.1) is 6.92 Å². The first kappa shape index (κ1) is 10.7. The molecule has 2 rings (SSSR count). The van der Waals surface area contributed by atoms with Crippen LogP contribution >= 0.6 is 11.6 Å². The van der Waals surface area contributed by atoms with Gasteiger partial charge in [-0.2, -0.15) is 0 Å². The molecule has 15 heavy (non-hydrogen) atoms. The highest BCUT2D eigenvalue weighted by Crippen LogP contribution is 2.17. The highest BCUT2D eigenvalue weighted by molar-refractivity contribution is 6.29. The lowest BCUT2D eigenvalue weighted by atomic mass is 10.2. The topological polar surface area (TPSA) is 34.2 Å². The Bertz CT molecular complexity index is 337. The third kappa shape index (κ3) is 2.83. The van der Waals surface area contributed by atoms with Crippen molar-refractivity contribution in [1.82, 2.24) is 4.98 Å². The third-order valence-electron chi connectivity index (χ3n) is 2.60. The normalized spacial score (nSPS) is 20.5. The van der Waals surface area contributed by atoms with Crippen LogP contribution in [-0.2, 0) is 4.74 Å². The first-order valence-electron chi connectivity index (χ1n) is 5.24. The molecule has 3 nitrogen and oxygen atoms in total. The maximum Gasteiger partial charge on any atom is 0.129 e. The summed E-state index contributed by atoms with van der Waals surface area (Å²) in [7, 11) is 0. The molecule has 82 valence electrons. The molecular weight excluding hydrogens is 212 g/mol. The van der Waals surface area contributed by atoms with Gasteiger partial charge < -0.3 is 10.1 Å². The fraction of sp³-hybridized carbons (Fsp3) is 0.545. The summed E-state index contributed by atoms with van der Waals surface area (Å²) in [6.45, 7) is 3.69. The second kappa shape index (κ2) is 4.81. The smallest absolute Gasteiger partial charge is 0.129 e. The molecule has 0 amide bonds. The summed E-state index contributed by atoms with van der Waals surface area (Å²) in [6.07, 6.45) is 2.66. The van der Waals surface area contributed by atoms with Crippen molar-refractivity contribution >= 4 is 17.3 Å². The Morgan fingerprint density at radius 3 is 3.13 bits per heavy atom. The maximum absolute atomic E-state index is 5.78. The number of ether oxygens (including phenoxy) is 1. The zero-order valence-corrected chi connectivity index (χ0v) is 9.55. The predicted octanol–water partition coefficient (Wildman–Crippen LogP) is 2.63. The van der Waals surface area contributed by atoms with Gasteiger partial charge in [0.25, 0.3) is 0 Å². The van der Waals surface area contributed by atoms with E-state index in [4.69, 9.17) is 16.3 Å². The minimum atomic E-state index is 0.347. The maximum atomic E-state index is 5.78. The SMILES string of the molecule is Cc1nc(Cl)ccc1NCC1CCCO1. The number of pyridine rings is 1. The molecule has 0 spiro atoms. The van der Waals surface area contributed by atoms with Crippen LogP contribution in [0.4, 0.5) is 5.69 Å². The van der Waals surface area contributed by atoms with Crippen LogP contribution in [-0.4, -0.2) is 24.2 Å². The lowest BCUT2D eigenvalue weighted by Gasteiger charge is -2.13. The molecule has 0 bridgehead atoms. The molecule has 1 aromatic heterocycles. The standard InChI is InChI=1S/C11H15ClN2O/c1-8-10(4-5-11(12)14-8)13-7-9-3-2-6-15-9/h4-5,9,13H,2-3,6-7H2,1H3. The number of hydrogen-bond acceptors (Lipinski definition) is 3. The van der Waals surface area contributed by atoms with Crippen LogP contribution in [0.2, 0.25) is 5.15 Å². The van der Waals surface area contributed by atoms with Gasteiger partial charge in [-0.3, -0.25) is 0 Å². The lowest BCUT2D eigenvalue weighted by Crippen LogP contribution is -2.18. The van der Waals surface area contributed by atoms with Crippen molar-refractivity contribution in [3.05, 3.63) is 23.0 Å². The largest absolute Gasteiger partial charge is 0.381 e. The second-order valence-corrected chi connectivity index (χ2v) is 4.17. The molecule has 1 aliphatic heterocycles. The van der Waals surface area contributed by atoms with Gasteiger partial charge in [0.05, 0.1) is 17.5 Å². The zero-order chi connectivity index (χ0) is 10.7. The van der Waals surface area contributed by atoms with Gasteiger partial charge in [-0.15, -0.1) is 0 Å². The van der Waals surface area contributed by atoms with E-state index in [1.807, 2.05) is 13.0 Å². The quantitative estimate of drug-likeness (QED) is 0.805. The lowest BCUT2D eigenvalue weighted by molar-refractivity contribution is 0.120. The fourth-order valence-electron chi connectivity index (χ4n) is 1.75. The number of nitrogens with one attached hydrogen (secondary N) is 1. The van der Waals surface area contributed by atoms with E-state index in [2.05, 4.69) is 10.3 Å². The monoisotopic (exact) mass is 226 g/mol. The molecule has 0 radical (unpaired) electrons. The highest BCUT2D eigenvalue weighted by atomic mass is 35.5. The van der Waals surface area contributed by atoms with Gasteiger partial charge in [0.1, 0.15) is 5.15 Å². The Hall–Kier alpha value is -0.800.